The fraction of sp³-hybridized carbons (Fsp3) is 0.714. The van der Waals surface area contributed by atoms with Gasteiger partial charge in [0.15, 0.2) is 0 Å². The third-order valence-electron chi connectivity index (χ3n) is 3.93. The van der Waals surface area contributed by atoms with Crippen LogP contribution in [-0.2, 0) is 11.2 Å². The average molecular weight is 311 g/mol. The zero-order valence-corrected chi connectivity index (χ0v) is 13.0. The smallest absolute Gasteiger partial charge is 0.305 e. The van der Waals surface area contributed by atoms with Gasteiger partial charge in [-0.05, 0) is 30.8 Å². The Balaban J connectivity index is 2.13. The zero-order chi connectivity index (χ0) is 15.3. The van der Waals surface area contributed by atoms with Crippen LogP contribution < -0.4 is 5.32 Å². The lowest BCUT2D eigenvalue weighted by atomic mass is 9.79. The third kappa shape index (κ3) is 4.00. The van der Waals surface area contributed by atoms with Crippen molar-refractivity contribution in [2.45, 2.75) is 63.8 Å². The Morgan fingerprint density at radius 1 is 1.33 bits per heavy atom. The minimum Gasteiger partial charge on any atom is -0.481 e. The van der Waals surface area contributed by atoms with Crippen molar-refractivity contribution < 1.29 is 14.7 Å². The largest absolute Gasteiger partial charge is 0.481 e. The number of aliphatic carboxylic acids is 1. The van der Waals surface area contributed by atoms with E-state index in [0.717, 1.165) is 50.1 Å². The fourth-order valence-electron chi connectivity index (χ4n) is 2.94. The standard InChI is InChI=1S/C14H21N3O3S/c1-2-6-10-12(21-17-16-10)13(20)15-14(9-11(18)19)7-4-3-5-8-14/h2-9H2,1H3,(H,15,20)(H,18,19). The van der Waals surface area contributed by atoms with Gasteiger partial charge in [0.1, 0.15) is 4.88 Å². The second kappa shape index (κ2) is 6.98. The van der Waals surface area contributed by atoms with Gasteiger partial charge in [0.05, 0.1) is 17.7 Å². The molecular formula is C14H21N3O3S. The van der Waals surface area contributed by atoms with Crippen LogP contribution in [0.3, 0.4) is 0 Å². The van der Waals surface area contributed by atoms with Gasteiger partial charge in [-0.1, -0.05) is 37.1 Å². The summed E-state index contributed by atoms with van der Waals surface area (Å²) in [6.07, 6.45) is 6.04. The first kappa shape index (κ1) is 15.9. The van der Waals surface area contributed by atoms with Gasteiger partial charge in [-0.15, -0.1) is 5.10 Å². The van der Waals surface area contributed by atoms with Crippen LogP contribution in [0.4, 0.5) is 0 Å². The maximum atomic E-state index is 12.5. The van der Waals surface area contributed by atoms with Crippen molar-refractivity contribution in [3.8, 4) is 0 Å². The number of carbonyl (C=O) groups is 2. The molecule has 0 spiro atoms. The summed E-state index contributed by atoms with van der Waals surface area (Å²) in [5.74, 6) is -1.09. The molecule has 0 bridgehead atoms. The summed E-state index contributed by atoms with van der Waals surface area (Å²) in [5, 5.41) is 16.1. The van der Waals surface area contributed by atoms with Crippen LogP contribution in [0.5, 0.6) is 0 Å². The van der Waals surface area contributed by atoms with E-state index >= 15 is 0 Å². The van der Waals surface area contributed by atoms with Gasteiger partial charge >= 0.3 is 5.97 Å². The van der Waals surface area contributed by atoms with Crippen molar-refractivity contribution in [1.82, 2.24) is 14.9 Å². The molecule has 1 aromatic rings. The number of hydrogen-bond donors (Lipinski definition) is 2. The molecule has 0 aliphatic heterocycles. The number of nitrogens with zero attached hydrogens (tertiary/aromatic N) is 2. The van der Waals surface area contributed by atoms with Crippen molar-refractivity contribution in [3.63, 3.8) is 0 Å². The van der Waals surface area contributed by atoms with Gasteiger partial charge in [-0.2, -0.15) is 0 Å². The van der Waals surface area contributed by atoms with Gasteiger partial charge in [0, 0.05) is 0 Å². The van der Waals surface area contributed by atoms with Crippen molar-refractivity contribution in [3.05, 3.63) is 10.6 Å². The summed E-state index contributed by atoms with van der Waals surface area (Å²) in [6.45, 7) is 2.02. The van der Waals surface area contributed by atoms with Gasteiger partial charge in [0.25, 0.3) is 5.91 Å². The Labute approximate surface area is 128 Å². The van der Waals surface area contributed by atoms with Crippen LogP contribution in [0, 0.1) is 0 Å². The number of amides is 1. The molecule has 1 amide bonds. The molecule has 21 heavy (non-hydrogen) atoms. The van der Waals surface area contributed by atoms with E-state index in [1.807, 2.05) is 6.92 Å². The number of carboxylic acid groups (broad SMARTS) is 1. The quantitative estimate of drug-likeness (QED) is 0.841. The van der Waals surface area contributed by atoms with E-state index in [9.17, 15) is 9.59 Å². The summed E-state index contributed by atoms with van der Waals surface area (Å²) in [7, 11) is 0. The molecule has 1 fully saturated rings. The first-order valence-corrected chi connectivity index (χ1v) is 8.19. The van der Waals surface area contributed by atoms with Crippen molar-refractivity contribution in [2.75, 3.05) is 0 Å². The molecule has 0 saturated heterocycles. The molecule has 116 valence electrons. The molecule has 1 aliphatic carbocycles. The maximum absolute atomic E-state index is 12.5. The first-order chi connectivity index (χ1) is 10.1. The van der Waals surface area contributed by atoms with Crippen LogP contribution in [0.15, 0.2) is 0 Å². The van der Waals surface area contributed by atoms with E-state index in [1.54, 1.807) is 0 Å². The molecule has 1 heterocycles. The van der Waals surface area contributed by atoms with Gasteiger partial charge in [0.2, 0.25) is 0 Å². The summed E-state index contributed by atoms with van der Waals surface area (Å²) in [4.78, 5) is 24.1. The third-order valence-corrected chi connectivity index (χ3v) is 4.69. The van der Waals surface area contributed by atoms with E-state index < -0.39 is 11.5 Å². The Morgan fingerprint density at radius 3 is 2.67 bits per heavy atom. The SMILES string of the molecule is CCCc1nnsc1C(=O)NC1(CC(=O)O)CCCCC1. The van der Waals surface area contributed by atoms with E-state index in [1.165, 1.54) is 0 Å². The molecule has 1 aliphatic rings. The normalized spacial score (nSPS) is 17.4. The van der Waals surface area contributed by atoms with E-state index in [4.69, 9.17) is 5.11 Å². The van der Waals surface area contributed by atoms with Crippen molar-refractivity contribution >= 4 is 23.4 Å². The highest BCUT2D eigenvalue weighted by Gasteiger charge is 2.36. The molecule has 2 rings (SSSR count). The topological polar surface area (TPSA) is 92.2 Å². The number of nitrogens with one attached hydrogen (secondary N) is 1. The molecule has 1 aromatic heterocycles. The highest BCUT2D eigenvalue weighted by atomic mass is 32.1. The average Bonchev–Trinajstić information content (AvgIpc) is 2.87. The lowest BCUT2D eigenvalue weighted by molar-refractivity contribution is -0.139. The van der Waals surface area contributed by atoms with Gasteiger partial charge in [-0.25, -0.2) is 0 Å². The minimum atomic E-state index is -0.867. The molecule has 0 atom stereocenters. The molecule has 2 N–H and O–H groups in total. The number of carbonyl (C=O) groups excluding carboxylic acids is 1. The molecule has 7 heteroatoms. The first-order valence-electron chi connectivity index (χ1n) is 7.42. The number of aryl methyl sites for hydroxylation is 1. The molecule has 0 unspecified atom stereocenters. The van der Waals surface area contributed by atoms with Crippen LogP contribution in [-0.4, -0.2) is 32.1 Å². The second-order valence-electron chi connectivity index (χ2n) is 5.66. The van der Waals surface area contributed by atoms with Crippen LogP contribution in [0.25, 0.3) is 0 Å². The highest BCUT2D eigenvalue weighted by molar-refractivity contribution is 7.08. The molecule has 6 nitrogen and oxygen atoms in total. The van der Waals surface area contributed by atoms with E-state index in [-0.39, 0.29) is 12.3 Å². The Bertz CT molecular complexity index is 509. The van der Waals surface area contributed by atoms with E-state index in [2.05, 4.69) is 14.9 Å². The predicted octanol–water partition coefficient (Wildman–Crippen LogP) is 2.40. The Kier molecular flexibility index (Phi) is 5.27. The van der Waals surface area contributed by atoms with Crippen molar-refractivity contribution in [1.29, 1.82) is 0 Å². The van der Waals surface area contributed by atoms with Gasteiger partial charge in [-0.3, -0.25) is 9.59 Å². The van der Waals surface area contributed by atoms with Crippen LogP contribution in [0.2, 0.25) is 0 Å². The lowest BCUT2D eigenvalue weighted by Crippen LogP contribution is -2.51. The summed E-state index contributed by atoms with van der Waals surface area (Å²) < 4.78 is 3.85. The number of hydrogen-bond acceptors (Lipinski definition) is 5. The highest BCUT2D eigenvalue weighted by Crippen LogP contribution is 2.31. The molecule has 1 saturated carbocycles. The molecular weight excluding hydrogens is 290 g/mol. The maximum Gasteiger partial charge on any atom is 0.305 e. The fourth-order valence-corrected chi connectivity index (χ4v) is 3.55. The van der Waals surface area contributed by atoms with Gasteiger partial charge < -0.3 is 10.4 Å². The summed E-state index contributed by atoms with van der Waals surface area (Å²) in [5.41, 5.74) is 0.0931. The number of aromatic nitrogens is 2. The van der Waals surface area contributed by atoms with Crippen LogP contribution in [0.1, 0.15) is 67.2 Å². The molecule has 0 radical (unpaired) electrons. The zero-order valence-electron chi connectivity index (χ0n) is 12.2. The number of rotatable bonds is 6. The predicted molar refractivity (Wildman–Crippen MR) is 79.4 cm³/mol. The lowest BCUT2D eigenvalue weighted by Gasteiger charge is -2.36. The monoisotopic (exact) mass is 311 g/mol. The van der Waals surface area contributed by atoms with E-state index in [0.29, 0.717) is 17.0 Å². The Morgan fingerprint density at radius 2 is 2.05 bits per heavy atom. The minimum absolute atomic E-state index is 0.0198. The van der Waals surface area contributed by atoms with Crippen molar-refractivity contribution in [2.24, 2.45) is 0 Å². The Hall–Kier alpha value is -1.50. The molecule has 0 aromatic carbocycles. The summed E-state index contributed by atoms with van der Waals surface area (Å²) >= 11 is 1.08. The summed E-state index contributed by atoms with van der Waals surface area (Å²) in [6, 6.07) is 0. The van der Waals surface area contributed by atoms with Crippen LogP contribution >= 0.6 is 11.5 Å². The number of carboxylic acids is 1. The second-order valence-corrected chi connectivity index (χ2v) is 6.42.